The third kappa shape index (κ3) is 4.74. The Hall–Kier alpha value is -3.98. The minimum absolute atomic E-state index is 0.0126. The highest BCUT2D eigenvalue weighted by molar-refractivity contribution is 7.92. The third-order valence-electron chi connectivity index (χ3n) is 6.30. The highest BCUT2D eigenvalue weighted by Gasteiger charge is 2.29. The molecule has 0 radical (unpaired) electrons. The smallest absolute Gasteiger partial charge is 0.322 e. The number of aromatic nitrogens is 2. The standard InChI is InChI=1S/C27H26N4O4S/c1-18-9-10-22(19(2)16-18)17-25-29-30-27(35-25)28-26(32)21-11-13-23(14-12-21)36(33,34)31-15-5-7-20-6-3-4-8-24(20)31/h3-4,6,8-14,16H,5,7,15,17H2,1-2H3,(H,28,30,32). The lowest BCUT2D eigenvalue weighted by Gasteiger charge is -2.30. The Labute approximate surface area is 210 Å². The van der Waals surface area contributed by atoms with Gasteiger partial charge in [0.05, 0.1) is 17.0 Å². The Bertz CT molecular complexity index is 1530. The van der Waals surface area contributed by atoms with Crippen LogP contribution in [0.1, 0.15) is 44.9 Å². The first-order valence-corrected chi connectivity index (χ1v) is 13.2. The summed E-state index contributed by atoms with van der Waals surface area (Å²) in [4.78, 5) is 12.8. The van der Waals surface area contributed by atoms with E-state index in [2.05, 4.69) is 21.6 Å². The van der Waals surface area contributed by atoms with E-state index in [0.717, 1.165) is 29.5 Å². The molecule has 0 saturated heterocycles. The Morgan fingerprint density at radius 2 is 1.81 bits per heavy atom. The van der Waals surface area contributed by atoms with Gasteiger partial charge < -0.3 is 4.42 Å². The van der Waals surface area contributed by atoms with Gasteiger partial charge in [0.15, 0.2) is 0 Å². The van der Waals surface area contributed by atoms with E-state index in [9.17, 15) is 13.2 Å². The molecular formula is C27H26N4O4S. The van der Waals surface area contributed by atoms with E-state index in [-0.39, 0.29) is 16.5 Å². The van der Waals surface area contributed by atoms with Crippen LogP contribution in [0.2, 0.25) is 0 Å². The molecule has 0 fully saturated rings. The van der Waals surface area contributed by atoms with Gasteiger partial charge in [0, 0.05) is 12.1 Å². The lowest BCUT2D eigenvalue weighted by atomic mass is 10.0. The van der Waals surface area contributed by atoms with E-state index < -0.39 is 15.9 Å². The molecule has 0 bridgehead atoms. The fourth-order valence-corrected chi connectivity index (χ4v) is 5.95. The zero-order valence-corrected chi connectivity index (χ0v) is 20.9. The van der Waals surface area contributed by atoms with Crippen molar-refractivity contribution < 1.29 is 17.6 Å². The van der Waals surface area contributed by atoms with Crippen molar-refractivity contribution in [1.29, 1.82) is 0 Å². The molecule has 1 aromatic heterocycles. The van der Waals surface area contributed by atoms with Crippen molar-refractivity contribution in [2.24, 2.45) is 0 Å². The molecule has 1 aliphatic rings. The van der Waals surface area contributed by atoms with Crippen molar-refractivity contribution in [3.63, 3.8) is 0 Å². The predicted molar refractivity (Wildman–Crippen MR) is 137 cm³/mol. The number of nitrogens with zero attached hydrogens (tertiary/aromatic N) is 3. The van der Waals surface area contributed by atoms with Crippen LogP contribution in [-0.4, -0.2) is 31.1 Å². The summed E-state index contributed by atoms with van der Waals surface area (Å²) < 4.78 is 33.7. The molecule has 1 amide bonds. The van der Waals surface area contributed by atoms with Crippen molar-refractivity contribution in [2.75, 3.05) is 16.2 Å². The Morgan fingerprint density at radius 1 is 1.03 bits per heavy atom. The summed E-state index contributed by atoms with van der Waals surface area (Å²) in [5.41, 5.74) is 5.37. The number of para-hydroxylation sites is 1. The summed E-state index contributed by atoms with van der Waals surface area (Å²) in [7, 11) is -3.75. The highest BCUT2D eigenvalue weighted by atomic mass is 32.2. The number of aryl methyl sites for hydroxylation is 3. The summed E-state index contributed by atoms with van der Waals surface area (Å²) in [6.07, 6.45) is 2.07. The van der Waals surface area contributed by atoms with E-state index >= 15 is 0 Å². The van der Waals surface area contributed by atoms with Crippen LogP contribution in [0.25, 0.3) is 0 Å². The first kappa shape index (κ1) is 23.7. The number of nitrogens with one attached hydrogen (secondary N) is 1. The van der Waals surface area contributed by atoms with Crippen molar-refractivity contribution in [2.45, 2.75) is 38.0 Å². The average Bonchev–Trinajstić information content (AvgIpc) is 3.32. The molecule has 0 spiro atoms. The fraction of sp³-hybridized carbons (Fsp3) is 0.222. The first-order valence-electron chi connectivity index (χ1n) is 11.7. The molecule has 36 heavy (non-hydrogen) atoms. The molecular weight excluding hydrogens is 476 g/mol. The largest absolute Gasteiger partial charge is 0.407 e. The van der Waals surface area contributed by atoms with Crippen LogP contribution in [0.5, 0.6) is 0 Å². The zero-order valence-electron chi connectivity index (χ0n) is 20.1. The van der Waals surface area contributed by atoms with Gasteiger partial charge in [-0.1, -0.05) is 47.1 Å². The van der Waals surface area contributed by atoms with Crippen molar-refractivity contribution >= 4 is 27.6 Å². The number of sulfonamides is 1. The average molecular weight is 503 g/mol. The van der Waals surface area contributed by atoms with Crippen LogP contribution in [0.15, 0.2) is 76.0 Å². The van der Waals surface area contributed by atoms with Crippen LogP contribution < -0.4 is 9.62 Å². The molecule has 5 rings (SSSR count). The molecule has 0 unspecified atom stereocenters. The van der Waals surface area contributed by atoms with Crippen LogP contribution in [0.3, 0.4) is 0 Å². The molecule has 4 aromatic rings. The summed E-state index contributed by atoms with van der Waals surface area (Å²) >= 11 is 0. The van der Waals surface area contributed by atoms with Gasteiger partial charge in [-0.25, -0.2) is 8.42 Å². The lowest BCUT2D eigenvalue weighted by Crippen LogP contribution is -2.35. The molecule has 2 heterocycles. The Balaban J connectivity index is 1.28. The van der Waals surface area contributed by atoms with E-state index in [1.165, 1.54) is 34.1 Å². The van der Waals surface area contributed by atoms with E-state index in [0.29, 0.717) is 24.5 Å². The van der Waals surface area contributed by atoms with Crippen LogP contribution in [0.4, 0.5) is 11.7 Å². The van der Waals surface area contributed by atoms with Crippen LogP contribution in [0, 0.1) is 13.8 Å². The molecule has 1 N–H and O–H groups in total. The van der Waals surface area contributed by atoms with E-state index in [4.69, 9.17) is 4.42 Å². The first-order chi connectivity index (χ1) is 17.3. The number of hydrogen-bond donors (Lipinski definition) is 1. The molecule has 9 heteroatoms. The van der Waals surface area contributed by atoms with Gasteiger partial charge >= 0.3 is 6.01 Å². The summed E-state index contributed by atoms with van der Waals surface area (Å²) in [6.45, 7) is 4.48. The van der Waals surface area contributed by atoms with Gasteiger partial charge in [0.2, 0.25) is 5.89 Å². The molecule has 3 aromatic carbocycles. The highest BCUT2D eigenvalue weighted by Crippen LogP contribution is 2.31. The van der Waals surface area contributed by atoms with Crippen molar-refractivity contribution in [1.82, 2.24) is 10.2 Å². The third-order valence-corrected chi connectivity index (χ3v) is 8.13. The second-order valence-corrected chi connectivity index (χ2v) is 10.8. The van der Waals surface area contributed by atoms with Gasteiger partial charge in [-0.3, -0.25) is 14.4 Å². The Morgan fingerprint density at radius 3 is 2.58 bits per heavy atom. The topological polar surface area (TPSA) is 105 Å². The Kier molecular flexibility index (Phi) is 6.32. The van der Waals surface area contributed by atoms with Gasteiger partial charge in [-0.2, -0.15) is 0 Å². The summed E-state index contributed by atoms with van der Waals surface area (Å²) in [5.74, 6) is -0.0792. The molecule has 8 nitrogen and oxygen atoms in total. The molecule has 0 saturated carbocycles. The predicted octanol–water partition coefficient (Wildman–Crippen LogP) is 4.67. The number of amides is 1. The second kappa shape index (κ2) is 9.58. The molecule has 0 aliphatic carbocycles. The zero-order chi connectivity index (χ0) is 25.3. The second-order valence-electron chi connectivity index (χ2n) is 8.90. The number of carbonyl (C=O) groups is 1. The maximum absolute atomic E-state index is 13.3. The number of rotatable bonds is 6. The number of hydrogen-bond acceptors (Lipinski definition) is 6. The SMILES string of the molecule is Cc1ccc(Cc2nnc(NC(=O)c3ccc(S(=O)(=O)N4CCCc5ccccc54)cc3)o2)c(C)c1. The maximum Gasteiger partial charge on any atom is 0.322 e. The van der Waals surface area contributed by atoms with Crippen LogP contribution >= 0.6 is 0 Å². The number of anilines is 2. The minimum atomic E-state index is -3.75. The lowest BCUT2D eigenvalue weighted by molar-refractivity contribution is 0.102. The molecule has 0 atom stereocenters. The van der Waals surface area contributed by atoms with Crippen molar-refractivity contribution in [3.8, 4) is 0 Å². The quantitative estimate of drug-likeness (QED) is 0.411. The molecule has 1 aliphatic heterocycles. The van der Waals surface area contributed by atoms with Gasteiger partial charge in [0.1, 0.15) is 0 Å². The number of carbonyl (C=O) groups excluding carboxylic acids is 1. The monoisotopic (exact) mass is 502 g/mol. The fourth-order valence-electron chi connectivity index (χ4n) is 4.41. The summed E-state index contributed by atoms with van der Waals surface area (Å²) in [5, 5.41) is 10.5. The number of fused-ring (bicyclic) bond motifs is 1. The van der Waals surface area contributed by atoms with Crippen LogP contribution in [-0.2, 0) is 22.9 Å². The van der Waals surface area contributed by atoms with Gasteiger partial charge in [0.25, 0.3) is 15.9 Å². The van der Waals surface area contributed by atoms with E-state index in [1.807, 2.05) is 50.2 Å². The molecule has 184 valence electrons. The van der Waals surface area contributed by atoms with Crippen molar-refractivity contribution in [3.05, 3.63) is 100 Å². The van der Waals surface area contributed by atoms with E-state index in [1.54, 1.807) is 0 Å². The normalized spacial score (nSPS) is 13.3. The number of benzene rings is 3. The van der Waals surface area contributed by atoms with Gasteiger partial charge in [-0.15, -0.1) is 5.10 Å². The summed E-state index contributed by atoms with van der Waals surface area (Å²) in [6, 6.07) is 19.5. The van der Waals surface area contributed by atoms with Gasteiger partial charge in [-0.05, 0) is 73.7 Å². The maximum atomic E-state index is 13.3. The minimum Gasteiger partial charge on any atom is -0.407 e.